The molecule has 4 nitrogen and oxygen atoms in total. The van der Waals surface area contributed by atoms with Gasteiger partial charge >= 0.3 is 5.97 Å². The van der Waals surface area contributed by atoms with Gasteiger partial charge in [0.2, 0.25) is 0 Å². The van der Waals surface area contributed by atoms with Crippen molar-refractivity contribution in [2.75, 3.05) is 12.9 Å². The third-order valence-corrected chi connectivity index (χ3v) is 4.57. The van der Waals surface area contributed by atoms with Crippen LogP contribution in [0.5, 0.6) is 0 Å². The zero-order valence-corrected chi connectivity index (χ0v) is 15.3. The highest BCUT2D eigenvalue weighted by Gasteiger charge is 2.14. The van der Waals surface area contributed by atoms with Crippen LogP contribution in [0.25, 0.3) is 0 Å². The van der Waals surface area contributed by atoms with Gasteiger partial charge in [-0.25, -0.2) is 4.79 Å². The maximum absolute atomic E-state index is 12.1. The Bertz CT molecular complexity index is 703. The van der Waals surface area contributed by atoms with E-state index in [1.807, 2.05) is 43.5 Å². The molecule has 1 amide bonds. The molecule has 0 aliphatic rings. The fourth-order valence-corrected chi connectivity index (χ4v) is 3.02. The second-order valence-corrected chi connectivity index (χ2v) is 6.62. The summed E-state index contributed by atoms with van der Waals surface area (Å²) < 4.78 is 5.13. The lowest BCUT2D eigenvalue weighted by Crippen LogP contribution is -2.36. The van der Waals surface area contributed by atoms with Gasteiger partial charge in [0.25, 0.3) is 5.91 Å². The molecular formula is C20H23NO3S. The third kappa shape index (κ3) is 6.27. The topological polar surface area (TPSA) is 55.4 Å². The van der Waals surface area contributed by atoms with Gasteiger partial charge < -0.3 is 10.1 Å². The van der Waals surface area contributed by atoms with E-state index >= 15 is 0 Å². The summed E-state index contributed by atoms with van der Waals surface area (Å²) in [5, 5.41) is 2.86. The maximum Gasteiger partial charge on any atom is 0.339 e. The Morgan fingerprint density at radius 2 is 1.76 bits per heavy atom. The van der Waals surface area contributed by atoms with Crippen molar-refractivity contribution < 1.29 is 14.3 Å². The van der Waals surface area contributed by atoms with E-state index in [0.717, 1.165) is 17.7 Å². The molecule has 132 valence electrons. The first kappa shape index (κ1) is 19.1. The molecule has 5 heteroatoms. The second-order valence-electron chi connectivity index (χ2n) is 5.77. The molecule has 2 aromatic rings. The highest BCUT2D eigenvalue weighted by atomic mass is 32.2. The molecule has 2 aromatic carbocycles. The van der Waals surface area contributed by atoms with Gasteiger partial charge in [-0.1, -0.05) is 42.5 Å². The molecule has 0 spiro atoms. The molecule has 2 rings (SSSR count). The first-order valence-corrected chi connectivity index (χ1v) is 9.46. The Morgan fingerprint density at radius 1 is 1.08 bits per heavy atom. The molecule has 0 heterocycles. The largest absolute Gasteiger partial charge is 0.452 e. The minimum absolute atomic E-state index is 0.0184. The van der Waals surface area contributed by atoms with Crippen molar-refractivity contribution in [3.63, 3.8) is 0 Å². The van der Waals surface area contributed by atoms with Crippen LogP contribution in [-0.2, 0) is 16.0 Å². The van der Waals surface area contributed by atoms with Crippen molar-refractivity contribution in [2.24, 2.45) is 0 Å². The number of ether oxygens (including phenoxy) is 1. The number of esters is 1. The summed E-state index contributed by atoms with van der Waals surface area (Å²) in [6, 6.07) is 17.4. The summed E-state index contributed by atoms with van der Waals surface area (Å²) >= 11 is 1.47. The van der Waals surface area contributed by atoms with Crippen LogP contribution in [0.2, 0.25) is 0 Å². The Hall–Kier alpha value is -2.27. The molecule has 0 aliphatic heterocycles. The predicted octanol–water partition coefficient (Wildman–Crippen LogP) is 3.70. The summed E-state index contributed by atoms with van der Waals surface area (Å²) in [5.74, 6) is -0.757. The van der Waals surface area contributed by atoms with Crippen molar-refractivity contribution in [3.05, 3.63) is 65.7 Å². The fraction of sp³-hybridized carbons (Fsp3) is 0.300. The smallest absolute Gasteiger partial charge is 0.339 e. The number of hydrogen-bond donors (Lipinski definition) is 1. The van der Waals surface area contributed by atoms with E-state index in [2.05, 4.69) is 17.4 Å². The van der Waals surface area contributed by atoms with Crippen LogP contribution in [0.15, 0.2) is 59.5 Å². The monoisotopic (exact) mass is 357 g/mol. The van der Waals surface area contributed by atoms with Crippen LogP contribution in [0.4, 0.5) is 0 Å². The average Bonchev–Trinajstić information content (AvgIpc) is 2.65. The standard InChI is InChI=1S/C20H23NO3S/c1-15(12-13-16-8-4-3-5-9-16)21-19(22)14-24-20(23)17-10-6-7-11-18(17)25-2/h3-11,15H,12-14H2,1-2H3,(H,21,22)/t15-/m0/s1. The summed E-state index contributed by atoms with van der Waals surface area (Å²) in [7, 11) is 0. The number of aryl methyl sites for hydroxylation is 1. The number of benzene rings is 2. The molecule has 1 atom stereocenters. The number of carbonyl (C=O) groups is 2. The van der Waals surface area contributed by atoms with Crippen LogP contribution in [0.3, 0.4) is 0 Å². The van der Waals surface area contributed by atoms with Gasteiger partial charge in [-0.3, -0.25) is 4.79 Å². The molecule has 0 aromatic heterocycles. The summed E-state index contributed by atoms with van der Waals surface area (Å²) in [6.45, 7) is 1.68. The minimum Gasteiger partial charge on any atom is -0.452 e. The zero-order valence-electron chi connectivity index (χ0n) is 14.5. The minimum atomic E-state index is -0.475. The SMILES string of the molecule is CSc1ccccc1C(=O)OCC(=O)N[C@@H](C)CCc1ccccc1. The zero-order chi connectivity index (χ0) is 18.1. The van der Waals surface area contributed by atoms with Gasteiger partial charge in [0.15, 0.2) is 6.61 Å². The highest BCUT2D eigenvalue weighted by molar-refractivity contribution is 7.98. The van der Waals surface area contributed by atoms with Gasteiger partial charge in [-0.15, -0.1) is 11.8 Å². The Morgan fingerprint density at radius 3 is 2.48 bits per heavy atom. The average molecular weight is 357 g/mol. The fourth-order valence-electron chi connectivity index (χ4n) is 2.44. The van der Waals surface area contributed by atoms with Crippen molar-refractivity contribution in [1.29, 1.82) is 0 Å². The van der Waals surface area contributed by atoms with E-state index in [0.29, 0.717) is 5.56 Å². The number of amides is 1. The lowest BCUT2D eigenvalue weighted by Gasteiger charge is -2.14. The van der Waals surface area contributed by atoms with Gasteiger partial charge in [0.1, 0.15) is 0 Å². The quantitative estimate of drug-likeness (QED) is 0.578. The van der Waals surface area contributed by atoms with Gasteiger partial charge in [0, 0.05) is 10.9 Å². The first-order valence-electron chi connectivity index (χ1n) is 8.23. The maximum atomic E-state index is 12.1. The number of carbonyl (C=O) groups excluding carboxylic acids is 2. The van der Waals surface area contributed by atoms with Gasteiger partial charge in [-0.05, 0) is 43.7 Å². The second kappa shape index (κ2) is 9.89. The molecule has 0 saturated heterocycles. The van der Waals surface area contributed by atoms with Crippen molar-refractivity contribution >= 4 is 23.6 Å². The molecule has 1 N–H and O–H groups in total. The predicted molar refractivity (Wildman–Crippen MR) is 101 cm³/mol. The molecule has 0 aliphatic carbocycles. The summed E-state index contributed by atoms with van der Waals surface area (Å²) in [6.07, 6.45) is 3.62. The molecule has 0 bridgehead atoms. The number of thioether (sulfide) groups is 1. The lowest BCUT2D eigenvalue weighted by molar-refractivity contribution is -0.124. The van der Waals surface area contributed by atoms with E-state index < -0.39 is 5.97 Å². The summed E-state index contributed by atoms with van der Waals surface area (Å²) in [5.41, 5.74) is 1.73. The van der Waals surface area contributed by atoms with E-state index in [-0.39, 0.29) is 18.6 Å². The van der Waals surface area contributed by atoms with Crippen LogP contribution >= 0.6 is 11.8 Å². The molecule has 0 radical (unpaired) electrons. The van der Waals surface area contributed by atoms with Gasteiger partial charge in [0.05, 0.1) is 5.56 Å². The number of hydrogen-bond acceptors (Lipinski definition) is 4. The van der Waals surface area contributed by atoms with E-state index in [1.165, 1.54) is 17.3 Å². The Kier molecular flexibility index (Phi) is 7.54. The molecular weight excluding hydrogens is 334 g/mol. The van der Waals surface area contributed by atoms with Crippen LogP contribution in [0, 0.1) is 0 Å². The van der Waals surface area contributed by atoms with Crippen LogP contribution < -0.4 is 5.32 Å². The summed E-state index contributed by atoms with van der Waals surface area (Å²) in [4.78, 5) is 24.9. The van der Waals surface area contributed by atoms with Crippen molar-refractivity contribution in [2.45, 2.75) is 30.7 Å². The van der Waals surface area contributed by atoms with Crippen molar-refractivity contribution in [3.8, 4) is 0 Å². The van der Waals surface area contributed by atoms with E-state index in [9.17, 15) is 9.59 Å². The Balaban J connectivity index is 1.75. The normalized spacial score (nSPS) is 11.6. The van der Waals surface area contributed by atoms with Crippen LogP contribution in [-0.4, -0.2) is 30.8 Å². The first-order chi connectivity index (χ1) is 12.1. The molecule has 25 heavy (non-hydrogen) atoms. The molecule has 0 saturated carbocycles. The third-order valence-electron chi connectivity index (χ3n) is 3.78. The molecule has 0 unspecified atom stereocenters. The van der Waals surface area contributed by atoms with E-state index in [1.54, 1.807) is 12.1 Å². The van der Waals surface area contributed by atoms with Crippen molar-refractivity contribution in [1.82, 2.24) is 5.32 Å². The van der Waals surface area contributed by atoms with Gasteiger partial charge in [-0.2, -0.15) is 0 Å². The highest BCUT2D eigenvalue weighted by Crippen LogP contribution is 2.20. The molecule has 0 fully saturated rings. The van der Waals surface area contributed by atoms with Crippen LogP contribution in [0.1, 0.15) is 29.3 Å². The van der Waals surface area contributed by atoms with E-state index in [4.69, 9.17) is 4.74 Å². The Labute approximate surface area is 153 Å². The lowest BCUT2D eigenvalue weighted by atomic mass is 10.1. The number of rotatable bonds is 8. The number of nitrogens with one attached hydrogen (secondary N) is 1.